The highest BCUT2D eigenvalue weighted by atomic mass is 35.5. The molecule has 0 bridgehead atoms. The molecule has 0 atom stereocenters. The molecule has 0 aliphatic carbocycles. The second kappa shape index (κ2) is 10.6. The number of ether oxygens (including phenoxy) is 3. The second-order valence-corrected chi connectivity index (χ2v) is 7.79. The van der Waals surface area contributed by atoms with Crippen molar-refractivity contribution in [2.45, 2.75) is 6.42 Å². The Kier molecular flexibility index (Phi) is 7.84. The summed E-state index contributed by atoms with van der Waals surface area (Å²) < 4.78 is 16.4. The Morgan fingerprint density at radius 1 is 1.00 bits per heavy atom. The molecule has 10 heteroatoms. The summed E-state index contributed by atoms with van der Waals surface area (Å²) in [7, 11) is 3.16. The van der Waals surface area contributed by atoms with E-state index in [2.05, 4.69) is 10.6 Å². The molecule has 2 amide bonds. The summed E-state index contributed by atoms with van der Waals surface area (Å²) in [5, 5.41) is 6.28. The number of amides is 2. The van der Waals surface area contributed by atoms with Crippen LogP contribution in [0.2, 0.25) is 10.0 Å². The van der Waals surface area contributed by atoms with Gasteiger partial charge in [0.2, 0.25) is 11.8 Å². The molecule has 2 N–H and O–H groups in total. The van der Waals surface area contributed by atoms with Crippen molar-refractivity contribution < 1.29 is 23.8 Å². The molecule has 0 radical (unpaired) electrons. The van der Waals surface area contributed by atoms with Crippen molar-refractivity contribution in [2.24, 2.45) is 0 Å². The van der Waals surface area contributed by atoms with Crippen molar-refractivity contribution in [3.8, 4) is 17.2 Å². The summed E-state index contributed by atoms with van der Waals surface area (Å²) in [5.41, 5.74) is 0.870. The van der Waals surface area contributed by atoms with Gasteiger partial charge in [0.1, 0.15) is 5.75 Å². The summed E-state index contributed by atoms with van der Waals surface area (Å²) in [6, 6.07) is 8.18. The zero-order valence-corrected chi connectivity index (χ0v) is 18.7. The van der Waals surface area contributed by atoms with Gasteiger partial charge in [0.15, 0.2) is 11.5 Å². The van der Waals surface area contributed by atoms with E-state index in [1.165, 1.54) is 7.11 Å². The number of anilines is 2. The van der Waals surface area contributed by atoms with E-state index in [0.717, 1.165) is 6.42 Å². The third kappa shape index (κ3) is 6.40. The smallest absolute Gasteiger partial charge is 0.238 e. The average molecular weight is 468 g/mol. The maximum absolute atomic E-state index is 12.4. The number of rotatable bonds is 7. The largest absolute Gasteiger partial charge is 0.495 e. The summed E-state index contributed by atoms with van der Waals surface area (Å²) >= 11 is 12.2. The van der Waals surface area contributed by atoms with Crippen molar-refractivity contribution in [3.05, 3.63) is 40.4 Å². The Morgan fingerprint density at radius 2 is 1.61 bits per heavy atom. The molecule has 0 saturated heterocycles. The number of hydrogen-bond acceptors (Lipinski definition) is 6. The molecule has 0 spiro atoms. The van der Waals surface area contributed by atoms with Crippen LogP contribution in [-0.2, 0) is 9.59 Å². The molecule has 2 aromatic carbocycles. The van der Waals surface area contributed by atoms with Gasteiger partial charge < -0.3 is 24.8 Å². The van der Waals surface area contributed by atoms with E-state index in [1.54, 1.807) is 42.3 Å². The number of benzene rings is 2. The topological polar surface area (TPSA) is 89.1 Å². The Bertz CT molecular complexity index is 970. The molecule has 31 heavy (non-hydrogen) atoms. The van der Waals surface area contributed by atoms with Crippen LogP contribution in [0.25, 0.3) is 0 Å². The number of halogens is 2. The number of carbonyl (C=O) groups is 2. The Labute approximate surface area is 190 Å². The van der Waals surface area contributed by atoms with Crippen LogP contribution in [0.5, 0.6) is 17.2 Å². The van der Waals surface area contributed by atoms with Gasteiger partial charge in [-0.25, -0.2) is 0 Å². The third-order valence-electron chi connectivity index (χ3n) is 4.37. The van der Waals surface area contributed by atoms with E-state index in [4.69, 9.17) is 37.4 Å². The SMILES string of the molecule is COc1ccc(Cl)cc1NC(=O)CN(C)CC(=O)Nc1cc2c(cc1Cl)OCCCO2. The lowest BCUT2D eigenvalue weighted by atomic mass is 10.2. The first-order chi connectivity index (χ1) is 14.9. The Morgan fingerprint density at radius 3 is 2.26 bits per heavy atom. The number of likely N-dealkylation sites (N-methyl/N-ethyl adjacent to an activating group) is 1. The Hall–Kier alpha value is -2.68. The standard InChI is InChI=1S/C21H23Cl2N3O5/c1-26(12-21(28)25-16-8-13(22)4-5-17(16)29-2)11-20(27)24-15-10-19-18(9-14(15)23)30-6-3-7-31-19/h4-5,8-10H,3,6-7,11-12H2,1-2H3,(H,24,27)(H,25,28). The van der Waals surface area contributed by atoms with Gasteiger partial charge >= 0.3 is 0 Å². The predicted molar refractivity (Wildman–Crippen MR) is 120 cm³/mol. The number of nitrogens with one attached hydrogen (secondary N) is 2. The van der Waals surface area contributed by atoms with Crippen molar-refractivity contribution in [3.63, 3.8) is 0 Å². The third-order valence-corrected chi connectivity index (χ3v) is 4.92. The van der Waals surface area contributed by atoms with Gasteiger partial charge in [0.25, 0.3) is 0 Å². The van der Waals surface area contributed by atoms with E-state index in [-0.39, 0.29) is 24.9 Å². The molecule has 0 saturated carbocycles. The first-order valence-corrected chi connectivity index (χ1v) is 10.3. The molecule has 166 valence electrons. The molecule has 0 aromatic heterocycles. The van der Waals surface area contributed by atoms with E-state index >= 15 is 0 Å². The molecule has 1 aliphatic rings. The monoisotopic (exact) mass is 467 g/mol. The fourth-order valence-electron chi connectivity index (χ4n) is 2.98. The number of hydrogen-bond donors (Lipinski definition) is 2. The highest BCUT2D eigenvalue weighted by Crippen LogP contribution is 2.37. The molecule has 0 unspecified atom stereocenters. The van der Waals surface area contributed by atoms with Gasteiger partial charge in [-0.3, -0.25) is 14.5 Å². The predicted octanol–water partition coefficient (Wildman–Crippen LogP) is 3.67. The summed E-state index contributed by atoms with van der Waals surface area (Å²) in [6.07, 6.45) is 0.766. The highest BCUT2D eigenvalue weighted by Gasteiger charge is 2.17. The quantitative estimate of drug-likeness (QED) is 0.645. The molecule has 2 aromatic rings. The maximum Gasteiger partial charge on any atom is 0.238 e. The van der Waals surface area contributed by atoms with Crippen LogP contribution >= 0.6 is 23.2 Å². The maximum atomic E-state index is 12.4. The Balaban J connectivity index is 1.55. The number of fused-ring (bicyclic) bond motifs is 1. The van der Waals surface area contributed by atoms with Crippen LogP contribution in [0.1, 0.15) is 6.42 Å². The minimum Gasteiger partial charge on any atom is -0.495 e. The summed E-state index contributed by atoms with van der Waals surface area (Å²) in [5.74, 6) is 0.921. The highest BCUT2D eigenvalue weighted by molar-refractivity contribution is 6.34. The van der Waals surface area contributed by atoms with Crippen LogP contribution in [0.4, 0.5) is 11.4 Å². The van der Waals surface area contributed by atoms with Crippen LogP contribution in [0.3, 0.4) is 0 Å². The first-order valence-electron chi connectivity index (χ1n) is 9.56. The average Bonchev–Trinajstić information content (AvgIpc) is 2.93. The van der Waals surface area contributed by atoms with Gasteiger partial charge in [-0.1, -0.05) is 23.2 Å². The summed E-state index contributed by atoms with van der Waals surface area (Å²) in [6.45, 7) is 1.03. The fraction of sp³-hybridized carbons (Fsp3) is 0.333. The molecule has 3 rings (SSSR count). The lowest BCUT2D eigenvalue weighted by Crippen LogP contribution is -2.36. The minimum atomic E-state index is -0.327. The molecule has 0 fully saturated rings. The van der Waals surface area contributed by atoms with Crippen molar-refractivity contribution in [1.82, 2.24) is 4.90 Å². The van der Waals surface area contributed by atoms with Gasteiger partial charge in [0.05, 0.1) is 49.8 Å². The first kappa shape index (κ1) is 23.0. The molecule has 1 aliphatic heterocycles. The number of nitrogens with zero attached hydrogens (tertiary/aromatic N) is 1. The van der Waals surface area contributed by atoms with Gasteiger partial charge in [-0.2, -0.15) is 0 Å². The van der Waals surface area contributed by atoms with Crippen molar-refractivity contribution >= 4 is 46.4 Å². The van der Waals surface area contributed by atoms with Crippen molar-refractivity contribution in [1.29, 1.82) is 0 Å². The lowest BCUT2D eigenvalue weighted by Gasteiger charge is -2.18. The normalized spacial score (nSPS) is 12.8. The molecular formula is C21H23Cl2N3O5. The number of carbonyl (C=O) groups excluding carboxylic acids is 2. The fourth-order valence-corrected chi connectivity index (χ4v) is 3.36. The minimum absolute atomic E-state index is 0.0159. The van der Waals surface area contributed by atoms with Crippen molar-refractivity contribution in [2.75, 3.05) is 51.1 Å². The van der Waals surface area contributed by atoms with Crippen LogP contribution in [0, 0.1) is 0 Å². The molecule has 1 heterocycles. The zero-order valence-electron chi connectivity index (χ0n) is 17.2. The van der Waals surface area contributed by atoms with E-state index in [1.807, 2.05) is 0 Å². The van der Waals surface area contributed by atoms with Crippen LogP contribution in [-0.4, -0.2) is 57.2 Å². The van der Waals surface area contributed by atoms with Gasteiger partial charge in [-0.15, -0.1) is 0 Å². The van der Waals surface area contributed by atoms with E-state index < -0.39 is 0 Å². The zero-order chi connectivity index (χ0) is 22.4. The number of methoxy groups -OCH3 is 1. The van der Waals surface area contributed by atoms with Crippen LogP contribution in [0.15, 0.2) is 30.3 Å². The van der Waals surface area contributed by atoms with Gasteiger partial charge in [-0.05, 0) is 25.2 Å². The lowest BCUT2D eigenvalue weighted by molar-refractivity contribution is -0.119. The van der Waals surface area contributed by atoms with E-state index in [0.29, 0.717) is 51.9 Å². The molecular weight excluding hydrogens is 445 g/mol. The molecule has 8 nitrogen and oxygen atoms in total. The van der Waals surface area contributed by atoms with E-state index in [9.17, 15) is 9.59 Å². The van der Waals surface area contributed by atoms with Crippen LogP contribution < -0.4 is 24.8 Å². The summed E-state index contributed by atoms with van der Waals surface area (Å²) in [4.78, 5) is 26.4. The van der Waals surface area contributed by atoms with Gasteiger partial charge in [0, 0.05) is 23.6 Å². The second-order valence-electron chi connectivity index (χ2n) is 6.94.